The lowest BCUT2D eigenvalue weighted by molar-refractivity contribution is -0.139. The van der Waals surface area contributed by atoms with Gasteiger partial charge in [-0.2, -0.15) is 0 Å². The highest BCUT2D eigenvalue weighted by molar-refractivity contribution is 6.31. The quantitative estimate of drug-likeness (QED) is 0.908. The molecule has 104 valence electrons. The first-order chi connectivity index (χ1) is 9.49. The third-order valence-electron chi connectivity index (χ3n) is 2.70. The number of rotatable bonds is 4. The van der Waals surface area contributed by atoms with E-state index in [9.17, 15) is 14.7 Å². The van der Waals surface area contributed by atoms with Crippen LogP contribution in [0.1, 0.15) is 27.9 Å². The third-order valence-corrected chi connectivity index (χ3v) is 3.05. The fraction of sp³-hybridized carbons (Fsp3) is 0.143. The lowest BCUT2D eigenvalue weighted by Crippen LogP contribution is -2.33. The number of carbonyl (C=O) groups excluding carboxylic acids is 1. The number of aryl methyl sites for hydroxylation is 1. The predicted molar refractivity (Wildman–Crippen MR) is 72.7 cm³/mol. The molecular weight excluding hydrogens is 282 g/mol. The number of halogens is 1. The van der Waals surface area contributed by atoms with Crippen LogP contribution >= 0.6 is 11.6 Å². The topological polar surface area (TPSA) is 79.5 Å². The van der Waals surface area contributed by atoms with Crippen LogP contribution < -0.4 is 5.32 Å². The van der Waals surface area contributed by atoms with Crippen molar-refractivity contribution in [3.63, 3.8) is 0 Å². The molecule has 0 bridgehead atoms. The zero-order valence-corrected chi connectivity index (χ0v) is 11.3. The molecule has 0 aliphatic carbocycles. The Morgan fingerprint density at radius 2 is 1.95 bits per heavy atom. The van der Waals surface area contributed by atoms with Crippen molar-refractivity contribution in [2.75, 3.05) is 0 Å². The number of furan rings is 1. The summed E-state index contributed by atoms with van der Waals surface area (Å²) in [5.74, 6) is -1.18. The van der Waals surface area contributed by atoms with Gasteiger partial charge in [-0.3, -0.25) is 4.79 Å². The van der Waals surface area contributed by atoms with Crippen LogP contribution in [-0.4, -0.2) is 17.0 Å². The standard InChI is InChI=1S/C14H12ClNO4/c1-8-6-7-11(20-8)13(17)16-12(14(18)19)9-4-2-3-5-10(9)15/h2-7,12H,1H3,(H,16,17)(H,18,19)/t12-/m1/s1. The van der Waals surface area contributed by atoms with Crippen LogP contribution in [0, 0.1) is 6.92 Å². The highest BCUT2D eigenvalue weighted by atomic mass is 35.5. The van der Waals surface area contributed by atoms with E-state index >= 15 is 0 Å². The van der Waals surface area contributed by atoms with Gasteiger partial charge < -0.3 is 14.8 Å². The molecule has 0 fully saturated rings. The Balaban J connectivity index is 2.25. The Kier molecular flexibility index (Phi) is 4.10. The van der Waals surface area contributed by atoms with Crippen molar-refractivity contribution in [2.24, 2.45) is 0 Å². The maximum Gasteiger partial charge on any atom is 0.330 e. The van der Waals surface area contributed by atoms with E-state index in [0.29, 0.717) is 11.3 Å². The molecule has 0 radical (unpaired) electrons. The van der Waals surface area contributed by atoms with Gasteiger partial charge in [-0.05, 0) is 25.1 Å². The number of carboxylic acid groups (broad SMARTS) is 1. The molecule has 5 nitrogen and oxygen atoms in total. The number of amides is 1. The summed E-state index contributed by atoms with van der Waals surface area (Å²) < 4.78 is 5.15. The number of carbonyl (C=O) groups is 2. The molecule has 1 atom stereocenters. The smallest absolute Gasteiger partial charge is 0.330 e. The molecule has 2 rings (SSSR count). The highest BCUT2D eigenvalue weighted by Gasteiger charge is 2.25. The minimum atomic E-state index is -1.23. The Labute approximate surface area is 120 Å². The first-order valence-corrected chi connectivity index (χ1v) is 6.21. The van der Waals surface area contributed by atoms with Gasteiger partial charge in [0, 0.05) is 10.6 Å². The van der Waals surface area contributed by atoms with E-state index in [2.05, 4.69) is 5.32 Å². The number of hydrogen-bond acceptors (Lipinski definition) is 3. The second-order valence-corrected chi connectivity index (χ2v) is 4.58. The summed E-state index contributed by atoms with van der Waals surface area (Å²) in [4.78, 5) is 23.3. The minimum Gasteiger partial charge on any atom is -0.479 e. The SMILES string of the molecule is Cc1ccc(C(=O)N[C@@H](C(=O)O)c2ccccc2Cl)o1. The summed E-state index contributed by atoms with van der Waals surface area (Å²) in [7, 11) is 0. The maximum absolute atomic E-state index is 11.9. The van der Waals surface area contributed by atoms with Crippen molar-refractivity contribution >= 4 is 23.5 Å². The van der Waals surface area contributed by atoms with E-state index in [1.54, 1.807) is 37.3 Å². The van der Waals surface area contributed by atoms with Crippen LogP contribution in [0.5, 0.6) is 0 Å². The summed E-state index contributed by atoms with van der Waals surface area (Å²) >= 11 is 5.96. The van der Waals surface area contributed by atoms with E-state index in [0.717, 1.165) is 0 Å². The molecule has 0 aliphatic heterocycles. The average molecular weight is 294 g/mol. The monoisotopic (exact) mass is 293 g/mol. The molecule has 6 heteroatoms. The molecule has 0 aliphatic rings. The van der Waals surface area contributed by atoms with E-state index in [-0.39, 0.29) is 10.8 Å². The molecule has 2 N–H and O–H groups in total. The van der Waals surface area contributed by atoms with E-state index in [4.69, 9.17) is 16.0 Å². The Bertz CT molecular complexity index is 650. The lowest BCUT2D eigenvalue weighted by atomic mass is 10.1. The van der Waals surface area contributed by atoms with Crippen molar-refractivity contribution in [1.29, 1.82) is 0 Å². The first kappa shape index (κ1) is 14.1. The van der Waals surface area contributed by atoms with Crippen LogP contribution in [0.25, 0.3) is 0 Å². The fourth-order valence-corrected chi connectivity index (χ4v) is 1.99. The van der Waals surface area contributed by atoms with Gasteiger partial charge in [0.25, 0.3) is 5.91 Å². The van der Waals surface area contributed by atoms with Gasteiger partial charge in [-0.15, -0.1) is 0 Å². The van der Waals surface area contributed by atoms with Crippen molar-refractivity contribution < 1.29 is 19.1 Å². The predicted octanol–water partition coefficient (Wildman–Crippen LogP) is 2.80. The number of nitrogens with one attached hydrogen (secondary N) is 1. The molecular formula is C14H12ClNO4. The van der Waals surface area contributed by atoms with Gasteiger partial charge in [0.1, 0.15) is 5.76 Å². The van der Waals surface area contributed by atoms with Crippen molar-refractivity contribution in [2.45, 2.75) is 13.0 Å². The molecule has 1 aromatic heterocycles. The summed E-state index contributed by atoms with van der Waals surface area (Å²) in [5.41, 5.74) is 0.318. The van der Waals surface area contributed by atoms with E-state index < -0.39 is 17.9 Å². The van der Waals surface area contributed by atoms with E-state index in [1.165, 1.54) is 6.07 Å². The Hall–Kier alpha value is -2.27. The van der Waals surface area contributed by atoms with E-state index in [1.807, 2.05) is 0 Å². The second-order valence-electron chi connectivity index (χ2n) is 4.18. The number of benzene rings is 1. The number of hydrogen-bond donors (Lipinski definition) is 2. The summed E-state index contributed by atoms with van der Waals surface area (Å²) in [6.45, 7) is 1.69. The van der Waals surface area contributed by atoms with Crippen LogP contribution in [-0.2, 0) is 4.79 Å². The molecule has 2 aromatic rings. The highest BCUT2D eigenvalue weighted by Crippen LogP contribution is 2.23. The zero-order valence-electron chi connectivity index (χ0n) is 10.6. The molecule has 0 saturated heterocycles. The average Bonchev–Trinajstić information content (AvgIpc) is 2.83. The normalized spacial score (nSPS) is 11.9. The van der Waals surface area contributed by atoms with Crippen LogP contribution in [0.2, 0.25) is 5.02 Å². The summed E-state index contributed by atoms with van der Waals surface area (Å²) in [6.07, 6.45) is 0. The van der Waals surface area contributed by atoms with Crippen LogP contribution in [0.15, 0.2) is 40.8 Å². The fourth-order valence-electron chi connectivity index (χ4n) is 1.74. The molecule has 1 amide bonds. The number of carboxylic acids is 1. The molecule has 20 heavy (non-hydrogen) atoms. The Morgan fingerprint density at radius 1 is 1.25 bits per heavy atom. The van der Waals surface area contributed by atoms with Crippen molar-refractivity contribution in [1.82, 2.24) is 5.32 Å². The Morgan fingerprint density at radius 3 is 2.50 bits per heavy atom. The third kappa shape index (κ3) is 3.00. The van der Waals surface area contributed by atoms with Gasteiger partial charge in [-0.25, -0.2) is 4.79 Å². The number of aliphatic carboxylic acids is 1. The first-order valence-electron chi connectivity index (χ1n) is 5.83. The molecule has 0 saturated carbocycles. The second kappa shape index (κ2) is 5.79. The molecule has 0 unspecified atom stereocenters. The van der Waals surface area contributed by atoms with Crippen LogP contribution in [0.3, 0.4) is 0 Å². The lowest BCUT2D eigenvalue weighted by Gasteiger charge is -2.15. The van der Waals surface area contributed by atoms with Gasteiger partial charge in [0.15, 0.2) is 11.8 Å². The summed E-state index contributed by atoms with van der Waals surface area (Å²) in [6, 6.07) is 8.32. The summed E-state index contributed by atoms with van der Waals surface area (Å²) in [5, 5.41) is 11.9. The van der Waals surface area contributed by atoms with Crippen molar-refractivity contribution in [3.8, 4) is 0 Å². The molecule has 0 spiro atoms. The van der Waals surface area contributed by atoms with Gasteiger partial charge in [0.2, 0.25) is 0 Å². The largest absolute Gasteiger partial charge is 0.479 e. The molecule has 1 aromatic carbocycles. The maximum atomic E-state index is 11.9. The van der Waals surface area contributed by atoms with Crippen molar-refractivity contribution in [3.05, 3.63) is 58.5 Å². The van der Waals surface area contributed by atoms with Gasteiger partial charge >= 0.3 is 5.97 Å². The minimum absolute atomic E-state index is 0.0563. The molecule has 1 heterocycles. The van der Waals surface area contributed by atoms with Crippen LogP contribution in [0.4, 0.5) is 0 Å². The van der Waals surface area contributed by atoms with Gasteiger partial charge in [0.05, 0.1) is 0 Å². The zero-order chi connectivity index (χ0) is 14.7. The van der Waals surface area contributed by atoms with Gasteiger partial charge in [-0.1, -0.05) is 29.8 Å².